The third-order valence-corrected chi connectivity index (χ3v) is 1.47. The summed E-state index contributed by atoms with van der Waals surface area (Å²) < 4.78 is 18.7. The van der Waals surface area contributed by atoms with Gasteiger partial charge in [0.25, 0.3) is 0 Å². The minimum atomic E-state index is -1.32. The summed E-state index contributed by atoms with van der Waals surface area (Å²) in [6.45, 7) is -0.0221. The SMILES string of the molecule is O=[PH2]OCC1=CC(=O)OC1O. The number of carbonyl (C=O) groups excluding carboxylic acids is 1. The maximum Gasteiger partial charge on any atom is 0.333 e. The van der Waals surface area contributed by atoms with Gasteiger partial charge in [0.05, 0.1) is 6.61 Å². The van der Waals surface area contributed by atoms with Crippen molar-refractivity contribution >= 4 is 14.7 Å². The highest BCUT2D eigenvalue weighted by atomic mass is 31.1. The minimum absolute atomic E-state index is 0.0221. The predicted molar refractivity (Wildman–Crippen MR) is 36.5 cm³/mol. The molecule has 0 aromatic heterocycles. The molecule has 0 fully saturated rings. The van der Waals surface area contributed by atoms with Crippen molar-refractivity contribution in [1.82, 2.24) is 0 Å². The molecule has 0 radical (unpaired) electrons. The largest absolute Gasteiger partial charge is 0.429 e. The number of hydrogen-bond acceptors (Lipinski definition) is 5. The molecule has 6 heteroatoms. The molecule has 0 aromatic rings. The second-order valence-electron chi connectivity index (χ2n) is 1.92. The molecule has 1 rings (SSSR count). The summed E-state index contributed by atoms with van der Waals surface area (Å²) in [5, 5.41) is 8.90. The zero-order valence-corrected chi connectivity index (χ0v) is 6.67. The fourth-order valence-corrected chi connectivity index (χ4v) is 0.946. The van der Waals surface area contributed by atoms with Crippen molar-refractivity contribution in [2.75, 3.05) is 6.61 Å². The van der Waals surface area contributed by atoms with Gasteiger partial charge in [0.15, 0.2) is 8.69 Å². The highest BCUT2D eigenvalue weighted by Crippen LogP contribution is 2.14. The van der Waals surface area contributed by atoms with Crippen LogP contribution in [0.25, 0.3) is 0 Å². The lowest BCUT2D eigenvalue weighted by molar-refractivity contribution is -0.151. The third-order valence-electron chi connectivity index (χ3n) is 1.17. The highest BCUT2D eigenvalue weighted by Gasteiger charge is 2.23. The van der Waals surface area contributed by atoms with Gasteiger partial charge in [-0.15, -0.1) is 0 Å². The molecular formula is C5H7O5P. The number of carbonyl (C=O) groups is 1. The van der Waals surface area contributed by atoms with Gasteiger partial charge in [0, 0.05) is 11.6 Å². The van der Waals surface area contributed by atoms with E-state index in [1.54, 1.807) is 0 Å². The number of ether oxygens (including phenoxy) is 1. The van der Waals surface area contributed by atoms with Gasteiger partial charge in [-0.1, -0.05) is 0 Å². The van der Waals surface area contributed by atoms with Gasteiger partial charge in [0.1, 0.15) is 0 Å². The van der Waals surface area contributed by atoms with E-state index >= 15 is 0 Å². The third kappa shape index (κ3) is 2.15. The van der Waals surface area contributed by atoms with Crippen LogP contribution in [0, 0.1) is 0 Å². The Hall–Kier alpha value is -0.640. The summed E-state index contributed by atoms with van der Waals surface area (Å²) in [6, 6.07) is 0. The molecule has 2 atom stereocenters. The van der Waals surface area contributed by atoms with Crippen LogP contribution in [0.15, 0.2) is 11.6 Å². The van der Waals surface area contributed by atoms with Crippen LogP contribution in [0.3, 0.4) is 0 Å². The zero-order valence-electron chi connectivity index (χ0n) is 5.52. The van der Waals surface area contributed by atoms with Crippen molar-refractivity contribution in [3.63, 3.8) is 0 Å². The van der Waals surface area contributed by atoms with E-state index in [1.165, 1.54) is 0 Å². The van der Waals surface area contributed by atoms with Crippen LogP contribution in [-0.4, -0.2) is 24.0 Å². The van der Waals surface area contributed by atoms with Crippen molar-refractivity contribution in [2.45, 2.75) is 6.29 Å². The van der Waals surface area contributed by atoms with Gasteiger partial charge >= 0.3 is 5.97 Å². The minimum Gasteiger partial charge on any atom is -0.429 e. The van der Waals surface area contributed by atoms with Crippen molar-refractivity contribution < 1.29 is 23.7 Å². The molecule has 0 aromatic carbocycles. The van der Waals surface area contributed by atoms with E-state index in [4.69, 9.17) is 5.11 Å². The normalized spacial score (nSPS) is 24.3. The molecule has 0 aliphatic carbocycles. The second-order valence-corrected chi connectivity index (χ2v) is 2.44. The Morgan fingerprint density at radius 1 is 1.82 bits per heavy atom. The molecule has 5 nitrogen and oxygen atoms in total. The molecule has 1 aliphatic rings. The standard InChI is InChI=1S/C5H7O5P/c6-4-1-3(2-9-11-8)5(7)10-4/h1,5,7H,2,11H2. The maximum atomic E-state index is 10.4. The van der Waals surface area contributed by atoms with Crippen molar-refractivity contribution in [1.29, 1.82) is 0 Å². The lowest BCUT2D eigenvalue weighted by Gasteiger charge is -2.04. The first-order valence-corrected chi connectivity index (χ1v) is 3.82. The van der Waals surface area contributed by atoms with Crippen LogP contribution in [0.4, 0.5) is 0 Å². The van der Waals surface area contributed by atoms with Crippen molar-refractivity contribution in [2.24, 2.45) is 0 Å². The number of cyclic esters (lactones) is 1. The van der Waals surface area contributed by atoms with Crippen LogP contribution >= 0.6 is 8.69 Å². The summed E-state index contributed by atoms with van der Waals surface area (Å²) >= 11 is 0. The fourth-order valence-electron chi connectivity index (χ4n) is 0.686. The van der Waals surface area contributed by atoms with Gasteiger partial charge in [-0.3, -0.25) is 4.57 Å². The molecule has 62 valence electrons. The molecule has 1 N–H and O–H groups in total. The average molecular weight is 178 g/mol. The monoisotopic (exact) mass is 178 g/mol. The Morgan fingerprint density at radius 2 is 2.55 bits per heavy atom. The van der Waals surface area contributed by atoms with Gasteiger partial charge < -0.3 is 14.4 Å². The molecule has 1 aliphatic heterocycles. The fraction of sp³-hybridized carbons (Fsp3) is 0.400. The van der Waals surface area contributed by atoms with E-state index < -0.39 is 20.9 Å². The smallest absolute Gasteiger partial charge is 0.333 e. The molecule has 0 saturated heterocycles. The molecule has 0 spiro atoms. The molecule has 1 heterocycles. The predicted octanol–water partition coefficient (Wildman–Crippen LogP) is -0.524. The van der Waals surface area contributed by atoms with E-state index in [-0.39, 0.29) is 6.61 Å². The van der Waals surface area contributed by atoms with Gasteiger partial charge in [-0.2, -0.15) is 0 Å². The van der Waals surface area contributed by atoms with Gasteiger partial charge in [-0.05, 0) is 0 Å². The summed E-state index contributed by atoms with van der Waals surface area (Å²) in [5.41, 5.74) is 0.304. The molecule has 0 amide bonds. The lowest BCUT2D eigenvalue weighted by Crippen LogP contribution is -2.12. The van der Waals surface area contributed by atoms with E-state index in [2.05, 4.69) is 9.26 Å². The first kappa shape index (κ1) is 8.46. The van der Waals surface area contributed by atoms with Gasteiger partial charge in [0.2, 0.25) is 6.29 Å². The Labute approximate surface area is 63.9 Å². The Kier molecular flexibility index (Phi) is 2.82. The highest BCUT2D eigenvalue weighted by molar-refractivity contribution is 7.17. The van der Waals surface area contributed by atoms with Crippen LogP contribution in [0.5, 0.6) is 0 Å². The second kappa shape index (κ2) is 3.67. The number of aliphatic hydroxyl groups excluding tert-OH is 1. The van der Waals surface area contributed by atoms with E-state index in [0.29, 0.717) is 5.57 Å². The van der Waals surface area contributed by atoms with Crippen LogP contribution in [0.1, 0.15) is 0 Å². The maximum absolute atomic E-state index is 10.4. The lowest BCUT2D eigenvalue weighted by atomic mass is 10.3. The molecule has 11 heavy (non-hydrogen) atoms. The van der Waals surface area contributed by atoms with Crippen LogP contribution < -0.4 is 0 Å². The van der Waals surface area contributed by atoms with E-state index in [0.717, 1.165) is 6.08 Å². The molecular weight excluding hydrogens is 171 g/mol. The Morgan fingerprint density at radius 3 is 3.00 bits per heavy atom. The zero-order chi connectivity index (χ0) is 8.27. The number of hydrogen-bond donors (Lipinski definition) is 1. The summed E-state index contributed by atoms with van der Waals surface area (Å²) in [4.78, 5) is 10.4. The number of rotatable bonds is 3. The first-order chi connectivity index (χ1) is 5.24. The Balaban J connectivity index is 2.49. The van der Waals surface area contributed by atoms with Crippen molar-refractivity contribution in [3.05, 3.63) is 11.6 Å². The topological polar surface area (TPSA) is 72.8 Å². The van der Waals surface area contributed by atoms with Gasteiger partial charge in [-0.25, -0.2) is 4.79 Å². The van der Waals surface area contributed by atoms with E-state index in [1.807, 2.05) is 0 Å². The first-order valence-electron chi connectivity index (χ1n) is 2.88. The average Bonchev–Trinajstić information content (AvgIpc) is 2.26. The number of aliphatic hydroxyl groups is 1. The summed E-state index contributed by atoms with van der Waals surface area (Å²) in [5.74, 6) is -0.600. The van der Waals surface area contributed by atoms with Crippen LogP contribution in [0.2, 0.25) is 0 Å². The van der Waals surface area contributed by atoms with Crippen molar-refractivity contribution in [3.8, 4) is 0 Å². The van der Waals surface area contributed by atoms with Crippen LogP contribution in [-0.2, 0) is 18.6 Å². The molecule has 0 saturated carbocycles. The summed E-state index contributed by atoms with van der Waals surface area (Å²) in [6.07, 6.45) is -0.104. The summed E-state index contributed by atoms with van der Waals surface area (Å²) in [7, 11) is -1.32. The Bertz CT molecular complexity index is 211. The number of esters is 1. The molecule has 2 unspecified atom stereocenters. The molecule has 0 bridgehead atoms. The van der Waals surface area contributed by atoms with E-state index in [9.17, 15) is 9.36 Å². The quantitative estimate of drug-likeness (QED) is 0.464.